The van der Waals surface area contributed by atoms with Crippen LogP contribution in [0.4, 0.5) is 4.39 Å². The van der Waals surface area contributed by atoms with E-state index in [0.29, 0.717) is 6.42 Å². The molecule has 1 unspecified atom stereocenters. The van der Waals surface area contributed by atoms with Crippen molar-refractivity contribution in [3.05, 3.63) is 71.0 Å². The molecule has 0 saturated heterocycles. The Bertz CT molecular complexity index is 729. The van der Waals surface area contributed by atoms with E-state index in [1.54, 1.807) is 19.9 Å². The summed E-state index contributed by atoms with van der Waals surface area (Å²) < 4.78 is 14.0. The normalized spacial score (nSPS) is 12.0. The van der Waals surface area contributed by atoms with Crippen molar-refractivity contribution < 1.29 is 19.1 Å². The summed E-state index contributed by atoms with van der Waals surface area (Å²) >= 11 is 0. The van der Waals surface area contributed by atoms with Gasteiger partial charge in [0.05, 0.1) is 5.56 Å². The van der Waals surface area contributed by atoms with Crippen LogP contribution in [0.1, 0.15) is 35.3 Å². The molecule has 0 fully saturated rings. The lowest BCUT2D eigenvalue weighted by Gasteiger charge is -2.18. The molecular weight excluding hydrogens is 309 g/mol. The van der Waals surface area contributed by atoms with Gasteiger partial charge in [-0.15, -0.1) is 0 Å². The average molecular weight is 329 g/mol. The number of hydrogen-bond donors (Lipinski definition) is 2. The van der Waals surface area contributed by atoms with Gasteiger partial charge in [0.15, 0.2) is 0 Å². The second-order valence-corrected chi connectivity index (χ2v) is 6.01. The Morgan fingerprint density at radius 2 is 1.75 bits per heavy atom. The third-order valence-corrected chi connectivity index (χ3v) is 3.75. The number of halogens is 1. The SMILES string of the molecule is CC(C)C(NC(=O)c1cc(Cc2ccccc2)ccc1F)C(=O)O. The summed E-state index contributed by atoms with van der Waals surface area (Å²) in [4.78, 5) is 23.5. The molecule has 2 aromatic rings. The third-order valence-electron chi connectivity index (χ3n) is 3.75. The Morgan fingerprint density at radius 1 is 1.08 bits per heavy atom. The van der Waals surface area contributed by atoms with E-state index >= 15 is 0 Å². The van der Waals surface area contributed by atoms with E-state index in [0.717, 1.165) is 11.1 Å². The Labute approximate surface area is 140 Å². The molecule has 2 aromatic carbocycles. The number of amides is 1. The number of carbonyl (C=O) groups excluding carboxylic acids is 1. The van der Waals surface area contributed by atoms with E-state index in [2.05, 4.69) is 5.32 Å². The van der Waals surface area contributed by atoms with Crippen molar-refractivity contribution in [2.24, 2.45) is 5.92 Å². The standard InChI is InChI=1S/C19H20FNO3/c1-12(2)17(19(23)24)21-18(22)15-11-14(8-9-16(15)20)10-13-6-4-3-5-7-13/h3-9,11-12,17H,10H2,1-2H3,(H,21,22)(H,23,24). The van der Waals surface area contributed by atoms with Crippen LogP contribution in [0, 0.1) is 11.7 Å². The van der Waals surface area contributed by atoms with E-state index < -0.39 is 23.7 Å². The summed E-state index contributed by atoms with van der Waals surface area (Å²) in [5.41, 5.74) is 1.68. The highest BCUT2D eigenvalue weighted by Gasteiger charge is 2.25. The molecule has 4 nitrogen and oxygen atoms in total. The summed E-state index contributed by atoms with van der Waals surface area (Å²) in [6, 6.07) is 12.9. The van der Waals surface area contributed by atoms with Crippen molar-refractivity contribution in [3.8, 4) is 0 Å². The van der Waals surface area contributed by atoms with E-state index in [4.69, 9.17) is 5.11 Å². The van der Waals surface area contributed by atoms with Crippen LogP contribution in [0.2, 0.25) is 0 Å². The fraction of sp³-hybridized carbons (Fsp3) is 0.263. The number of carboxylic acid groups (broad SMARTS) is 1. The van der Waals surface area contributed by atoms with Gasteiger partial charge in [0.25, 0.3) is 5.91 Å². The van der Waals surface area contributed by atoms with E-state index in [1.807, 2.05) is 30.3 Å². The van der Waals surface area contributed by atoms with Crippen LogP contribution < -0.4 is 5.32 Å². The highest BCUT2D eigenvalue weighted by atomic mass is 19.1. The molecule has 0 aliphatic carbocycles. The molecule has 0 radical (unpaired) electrons. The Morgan fingerprint density at radius 3 is 2.33 bits per heavy atom. The second-order valence-electron chi connectivity index (χ2n) is 6.01. The fourth-order valence-electron chi connectivity index (χ4n) is 2.42. The van der Waals surface area contributed by atoms with Crippen molar-refractivity contribution in [2.45, 2.75) is 26.3 Å². The number of aliphatic carboxylic acids is 1. The Kier molecular flexibility index (Phi) is 5.68. The van der Waals surface area contributed by atoms with Gasteiger partial charge in [0, 0.05) is 0 Å². The van der Waals surface area contributed by atoms with Gasteiger partial charge in [-0.2, -0.15) is 0 Å². The first-order valence-electron chi connectivity index (χ1n) is 7.74. The van der Waals surface area contributed by atoms with Gasteiger partial charge in [-0.3, -0.25) is 4.79 Å². The molecular formula is C19H20FNO3. The average Bonchev–Trinajstić information content (AvgIpc) is 2.54. The summed E-state index contributed by atoms with van der Waals surface area (Å²) in [6.07, 6.45) is 0.563. The largest absolute Gasteiger partial charge is 0.480 e. The van der Waals surface area contributed by atoms with Crippen LogP contribution in [-0.2, 0) is 11.2 Å². The Balaban J connectivity index is 2.21. The van der Waals surface area contributed by atoms with Crippen molar-refractivity contribution in [1.82, 2.24) is 5.32 Å². The minimum absolute atomic E-state index is 0.143. The van der Waals surface area contributed by atoms with E-state index in [-0.39, 0.29) is 11.5 Å². The smallest absolute Gasteiger partial charge is 0.326 e. The molecule has 126 valence electrons. The zero-order valence-electron chi connectivity index (χ0n) is 13.6. The van der Waals surface area contributed by atoms with Gasteiger partial charge in [0.1, 0.15) is 11.9 Å². The maximum absolute atomic E-state index is 14.0. The molecule has 0 aromatic heterocycles. The molecule has 1 amide bonds. The highest BCUT2D eigenvalue weighted by molar-refractivity contribution is 5.97. The molecule has 0 spiro atoms. The first-order valence-corrected chi connectivity index (χ1v) is 7.74. The van der Waals surface area contributed by atoms with Crippen molar-refractivity contribution >= 4 is 11.9 Å². The van der Waals surface area contributed by atoms with Crippen molar-refractivity contribution in [2.75, 3.05) is 0 Å². The summed E-state index contributed by atoms with van der Waals surface area (Å²) in [5.74, 6) is -2.83. The molecule has 0 saturated carbocycles. The molecule has 0 aliphatic rings. The van der Waals surface area contributed by atoms with Crippen LogP contribution in [0.3, 0.4) is 0 Å². The molecule has 0 aliphatic heterocycles. The number of carbonyl (C=O) groups is 2. The van der Waals surface area contributed by atoms with Crippen LogP contribution in [0.5, 0.6) is 0 Å². The Hall–Kier alpha value is -2.69. The molecule has 2 N–H and O–H groups in total. The fourth-order valence-corrected chi connectivity index (χ4v) is 2.42. The maximum atomic E-state index is 14.0. The quantitative estimate of drug-likeness (QED) is 0.855. The molecule has 24 heavy (non-hydrogen) atoms. The minimum Gasteiger partial charge on any atom is -0.480 e. The number of benzene rings is 2. The third kappa shape index (κ3) is 4.41. The lowest BCUT2D eigenvalue weighted by molar-refractivity contribution is -0.140. The zero-order chi connectivity index (χ0) is 17.7. The second kappa shape index (κ2) is 7.73. The highest BCUT2D eigenvalue weighted by Crippen LogP contribution is 2.15. The topological polar surface area (TPSA) is 66.4 Å². The van der Waals surface area contributed by atoms with Gasteiger partial charge in [-0.25, -0.2) is 9.18 Å². The van der Waals surface area contributed by atoms with E-state index in [1.165, 1.54) is 12.1 Å². The van der Waals surface area contributed by atoms with Crippen LogP contribution >= 0.6 is 0 Å². The van der Waals surface area contributed by atoms with E-state index in [9.17, 15) is 14.0 Å². The first kappa shape index (κ1) is 17.7. The van der Waals surface area contributed by atoms with Crippen molar-refractivity contribution in [1.29, 1.82) is 0 Å². The van der Waals surface area contributed by atoms with Gasteiger partial charge < -0.3 is 10.4 Å². The van der Waals surface area contributed by atoms with Crippen molar-refractivity contribution in [3.63, 3.8) is 0 Å². The number of hydrogen-bond acceptors (Lipinski definition) is 2. The van der Waals surface area contributed by atoms with Crippen LogP contribution in [0.25, 0.3) is 0 Å². The predicted molar refractivity (Wildman–Crippen MR) is 89.4 cm³/mol. The summed E-state index contributed by atoms with van der Waals surface area (Å²) in [5, 5.41) is 11.5. The summed E-state index contributed by atoms with van der Waals surface area (Å²) in [7, 11) is 0. The van der Waals surface area contributed by atoms with Gasteiger partial charge in [-0.1, -0.05) is 50.2 Å². The molecule has 0 heterocycles. The monoisotopic (exact) mass is 329 g/mol. The first-order chi connectivity index (χ1) is 11.4. The maximum Gasteiger partial charge on any atom is 0.326 e. The predicted octanol–water partition coefficient (Wildman–Crippen LogP) is 3.26. The van der Waals surface area contributed by atoms with Gasteiger partial charge in [-0.05, 0) is 35.6 Å². The minimum atomic E-state index is -1.14. The lowest BCUT2D eigenvalue weighted by atomic mass is 10.0. The number of nitrogens with one attached hydrogen (secondary N) is 1. The van der Waals surface area contributed by atoms with Gasteiger partial charge >= 0.3 is 5.97 Å². The number of rotatable bonds is 6. The van der Waals surface area contributed by atoms with Gasteiger partial charge in [0.2, 0.25) is 0 Å². The molecule has 5 heteroatoms. The molecule has 1 atom stereocenters. The van der Waals surface area contributed by atoms with Crippen LogP contribution in [-0.4, -0.2) is 23.0 Å². The number of carboxylic acids is 1. The lowest BCUT2D eigenvalue weighted by Crippen LogP contribution is -2.44. The molecule has 0 bridgehead atoms. The summed E-state index contributed by atoms with van der Waals surface area (Å²) in [6.45, 7) is 3.36. The molecule has 2 rings (SSSR count). The zero-order valence-corrected chi connectivity index (χ0v) is 13.6. The van der Waals surface area contributed by atoms with Crippen LogP contribution in [0.15, 0.2) is 48.5 Å².